The average Bonchev–Trinajstić information content (AvgIpc) is 3.56. The quantitative estimate of drug-likeness (QED) is 0.450. The Bertz CT molecular complexity index is 1320. The first-order valence-electron chi connectivity index (χ1n) is 14.8. The van der Waals surface area contributed by atoms with Crippen molar-refractivity contribution in [2.75, 3.05) is 26.2 Å². The molecule has 3 heterocycles. The lowest BCUT2D eigenvalue weighted by atomic mass is 9.89. The maximum atomic E-state index is 13.9. The van der Waals surface area contributed by atoms with Gasteiger partial charge >= 0.3 is 0 Å². The second-order valence-corrected chi connectivity index (χ2v) is 11.9. The minimum Gasteiger partial charge on any atom is -0.343 e. The zero-order valence-corrected chi connectivity index (χ0v) is 24.0. The Balaban J connectivity index is 1.12. The molecular formula is C31H38ClN7O2. The number of benzene rings is 2. The smallest absolute Gasteiger partial charge is 0.245 e. The Morgan fingerprint density at radius 3 is 2.44 bits per heavy atom. The molecular weight excluding hydrogens is 538 g/mol. The number of carbonyl (C=O) groups is 2. The van der Waals surface area contributed by atoms with E-state index in [1.807, 2.05) is 52.3 Å². The van der Waals surface area contributed by atoms with Crippen LogP contribution >= 0.6 is 11.6 Å². The molecule has 1 aromatic heterocycles. The summed E-state index contributed by atoms with van der Waals surface area (Å²) >= 11 is 6.11. The Morgan fingerprint density at radius 1 is 0.976 bits per heavy atom. The summed E-state index contributed by atoms with van der Waals surface area (Å²) in [6, 6.07) is 15.4. The molecule has 0 unspecified atom stereocenters. The van der Waals surface area contributed by atoms with Crippen LogP contribution in [0.1, 0.15) is 48.4 Å². The van der Waals surface area contributed by atoms with Crippen molar-refractivity contribution in [2.45, 2.75) is 69.2 Å². The minimum absolute atomic E-state index is 0.0272. The molecule has 2 N–H and O–H groups in total. The van der Waals surface area contributed by atoms with E-state index in [9.17, 15) is 9.59 Å². The van der Waals surface area contributed by atoms with Crippen LogP contribution in [-0.2, 0) is 29.0 Å². The molecule has 41 heavy (non-hydrogen) atoms. The molecule has 6 rings (SSSR count). The highest BCUT2D eigenvalue weighted by Gasteiger charge is 2.36. The number of nitrogens with one attached hydrogen (secondary N) is 2. The third-order valence-electron chi connectivity index (χ3n) is 8.93. The molecule has 0 spiro atoms. The van der Waals surface area contributed by atoms with Gasteiger partial charge in [0, 0.05) is 50.2 Å². The molecule has 2 amide bonds. The number of nitrogens with zero attached hydrogens (tertiary/aromatic N) is 5. The van der Waals surface area contributed by atoms with Crippen LogP contribution in [0.4, 0.5) is 0 Å². The zero-order valence-electron chi connectivity index (χ0n) is 23.3. The predicted octanol–water partition coefficient (Wildman–Crippen LogP) is 3.00. The molecule has 1 saturated carbocycles. The van der Waals surface area contributed by atoms with Crippen LogP contribution in [0.2, 0.25) is 5.02 Å². The van der Waals surface area contributed by atoms with Crippen LogP contribution in [0.3, 0.4) is 0 Å². The van der Waals surface area contributed by atoms with Crippen molar-refractivity contribution in [1.29, 1.82) is 0 Å². The monoisotopic (exact) mass is 575 g/mol. The highest BCUT2D eigenvalue weighted by atomic mass is 35.5. The lowest BCUT2D eigenvalue weighted by Crippen LogP contribution is -2.59. The van der Waals surface area contributed by atoms with E-state index in [0.29, 0.717) is 49.6 Å². The van der Waals surface area contributed by atoms with Gasteiger partial charge in [-0.05, 0) is 48.1 Å². The van der Waals surface area contributed by atoms with Crippen LogP contribution < -0.4 is 10.6 Å². The topological polar surface area (TPSA) is 95.4 Å². The van der Waals surface area contributed by atoms with Crippen LogP contribution in [0.5, 0.6) is 0 Å². The summed E-state index contributed by atoms with van der Waals surface area (Å²) in [4.78, 5) is 36.0. The number of halogens is 1. The van der Waals surface area contributed by atoms with E-state index in [2.05, 4.69) is 37.7 Å². The van der Waals surface area contributed by atoms with Crippen molar-refractivity contribution in [3.63, 3.8) is 0 Å². The van der Waals surface area contributed by atoms with Gasteiger partial charge in [0.05, 0.1) is 12.1 Å². The van der Waals surface area contributed by atoms with Gasteiger partial charge in [-0.3, -0.25) is 14.5 Å². The SMILES string of the molecule is O=C(N[C@H](Cc1ccc(Cl)cc1)C(=O)N1CCN([C@@H]2CCCC[C@H]2n2cncn2)CC1)[C@H]1Cc2ccccc2CN1. The van der Waals surface area contributed by atoms with Gasteiger partial charge < -0.3 is 15.5 Å². The molecule has 216 valence electrons. The fourth-order valence-electron chi connectivity index (χ4n) is 6.68. The molecule has 10 heteroatoms. The second-order valence-electron chi connectivity index (χ2n) is 11.5. The Morgan fingerprint density at radius 2 is 1.71 bits per heavy atom. The molecule has 9 nitrogen and oxygen atoms in total. The summed E-state index contributed by atoms with van der Waals surface area (Å²) in [5, 5.41) is 11.6. The van der Waals surface area contributed by atoms with Gasteiger partial charge in [0.2, 0.25) is 11.8 Å². The van der Waals surface area contributed by atoms with E-state index in [1.165, 1.54) is 24.0 Å². The zero-order chi connectivity index (χ0) is 28.2. The van der Waals surface area contributed by atoms with E-state index in [4.69, 9.17) is 11.6 Å². The minimum atomic E-state index is -0.647. The summed E-state index contributed by atoms with van der Waals surface area (Å²) in [6.45, 7) is 3.54. The highest BCUT2D eigenvalue weighted by molar-refractivity contribution is 6.30. The van der Waals surface area contributed by atoms with E-state index in [0.717, 1.165) is 31.5 Å². The van der Waals surface area contributed by atoms with Crippen LogP contribution in [0, 0.1) is 0 Å². The molecule has 3 aliphatic rings. The number of rotatable bonds is 7. The van der Waals surface area contributed by atoms with Gasteiger partial charge in [-0.15, -0.1) is 0 Å². The average molecular weight is 576 g/mol. The van der Waals surface area contributed by atoms with Crippen molar-refractivity contribution < 1.29 is 9.59 Å². The maximum absolute atomic E-state index is 13.9. The van der Waals surface area contributed by atoms with Gasteiger partial charge in [0.15, 0.2) is 0 Å². The Kier molecular flexibility index (Phi) is 8.64. The van der Waals surface area contributed by atoms with Crippen molar-refractivity contribution in [2.24, 2.45) is 0 Å². The third-order valence-corrected chi connectivity index (χ3v) is 9.18. The lowest BCUT2D eigenvalue weighted by molar-refractivity contribution is -0.138. The van der Waals surface area contributed by atoms with E-state index in [-0.39, 0.29) is 17.9 Å². The number of carbonyl (C=O) groups excluding carboxylic acids is 2. The molecule has 1 aliphatic carbocycles. The standard InChI is InChI=1S/C31H38ClN7O2/c32-25-11-9-22(10-12-25)17-27(36-30(40)26-18-23-5-1-2-6-24(23)19-34-26)31(41)38-15-13-37(14-16-38)28-7-3-4-8-29(28)39-21-33-20-35-39/h1-2,5-6,9-12,20-21,26-29,34H,3-4,7-8,13-19H2,(H,36,40)/t26-,27-,28-,29-/m1/s1. The molecule has 2 aromatic carbocycles. The van der Waals surface area contributed by atoms with Crippen LogP contribution in [0.25, 0.3) is 0 Å². The molecule has 4 atom stereocenters. The van der Waals surface area contributed by atoms with E-state index in [1.54, 1.807) is 6.33 Å². The van der Waals surface area contributed by atoms with Gasteiger partial charge in [-0.2, -0.15) is 5.10 Å². The summed E-state index contributed by atoms with van der Waals surface area (Å²) in [6.07, 6.45) is 9.11. The number of amides is 2. The second kappa shape index (κ2) is 12.7. The molecule has 3 aromatic rings. The fraction of sp³-hybridized carbons (Fsp3) is 0.484. The molecule has 2 aliphatic heterocycles. The van der Waals surface area contributed by atoms with E-state index < -0.39 is 6.04 Å². The van der Waals surface area contributed by atoms with Crippen LogP contribution in [-0.4, -0.2) is 80.7 Å². The van der Waals surface area contributed by atoms with Gasteiger partial charge in [-0.25, -0.2) is 9.67 Å². The highest BCUT2D eigenvalue weighted by Crippen LogP contribution is 2.32. The Hall–Kier alpha value is -3.27. The van der Waals surface area contributed by atoms with Crippen molar-refractivity contribution >= 4 is 23.4 Å². The number of hydrogen-bond donors (Lipinski definition) is 2. The Labute approximate surface area is 246 Å². The molecule has 1 saturated heterocycles. The lowest BCUT2D eigenvalue weighted by Gasteiger charge is -2.44. The number of piperazine rings is 1. The first-order valence-corrected chi connectivity index (χ1v) is 15.1. The summed E-state index contributed by atoms with van der Waals surface area (Å²) < 4.78 is 2.01. The summed E-state index contributed by atoms with van der Waals surface area (Å²) in [7, 11) is 0. The fourth-order valence-corrected chi connectivity index (χ4v) is 6.80. The number of fused-ring (bicyclic) bond motifs is 1. The van der Waals surface area contributed by atoms with Crippen molar-refractivity contribution in [1.82, 2.24) is 35.2 Å². The third kappa shape index (κ3) is 6.47. The normalized spacial score (nSPS) is 23.9. The summed E-state index contributed by atoms with van der Waals surface area (Å²) in [5.74, 6) is -0.163. The summed E-state index contributed by atoms with van der Waals surface area (Å²) in [5.41, 5.74) is 3.36. The first kappa shape index (κ1) is 27.9. The van der Waals surface area contributed by atoms with E-state index >= 15 is 0 Å². The van der Waals surface area contributed by atoms with Crippen LogP contribution in [0.15, 0.2) is 61.2 Å². The van der Waals surface area contributed by atoms with Gasteiger partial charge in [0.1, 0.15) is 18.7 Å². The predicted molar refractivity (Wildman–Crippen MR) is 157 cm³/mol. The number of hydrogen-bond acceptors (Lipinski definition) is 6. The molecule has 0 bridgehead atoms. The molecule has 2 fully saturated rings. The van der Waals surface area contributed by atoms with Crippen molar-refractivity contribution in [3.8, 4) is 0 Å². The van der Waals surface area contributed by atoms with Gasteiger partial charge in [-0.1, -0.05) is 60.8 Å². The number of aromatic nitrogens is 3. The molecule has 0 radical (unpaired) electrons. The first-order chi connectivity index (χ1) is 20.0. The van der Waals surface area contributed by atoms with Gasteiger partial charge in [0.25, 0.3) is 0 Å². The maximum Gasteiger partial charge on any atom is 0.245 e. The van der Waals surface area contributed by atoms with Crippen molar-refractivity contribution in [3.05, 3.63) is 82.9 Å². The largest absolute Gasteiger partial charge is 0.343 e.